The lowest BCUT2D eigenvalue weighted by molar-refractivity contribution is -0.134. The van der Waals surface area contributed by atoms with Crippen molar-refractivity contribution in [2.24, 2.45) is 5.92 Å². The van der Waals surface area contributed by atoms with Gasteiger partial charge in [0.05, 0.1) is 5.69 Å². The van der Waals surface area contributed by atoms with Gasteiger partial charge in [-0.15, -0.1) is 11.8 Å². The summed E-state index contributed by atoms with van der Waals surface area (Å²) in [6.07, 6.45) is 1.82. The number of fused-ring (bicyclic) bond motifs is 1. The van der Waals surface area contributed by atoms with Crippen LogP contribution < -0.4 is 4.90 Å². The summed E-state index contributed by atoms with van der Waals surface area (Å²) in [4.78, 5) is 42.7. The molecular formula is C24H26N2O3S. The smallest absolute Gasteiger partial charge is 0.227 e. The van der Waals surface area contributed by atoms with Crippen molar-refractivity contribution < 1.29 is 14.4 Å². The summed E-state index contributed by atoms with van der Waals surface area (Å²) < 4.78 is 0. The standard InChI is InChI=1S/C24H26N2O3S/c27-22(10-11-23(28)26-16-17-30-21-9-5-4-8-20(21)26)25-14-12-19(13-15-25)24(29)18-6-2-1-3-7-18/h1-9,19H,10-17H2. The number of benzene rings is 2. The molecule has 0 spiro atoms. The predicted molar refractivity (Wildman–Crippen MR) is 119 cm³/mol. The Balaban J connectivity index is 1.27. The van der Waals surface area contributed by atoms with Crippen LogP contribution in [0.5, 0.6) is 0 Å². The second kappa shape index (κ2) is 9.47. The maximum Gasteiger partial charge on any atom is 0.227 e. The molecule has 0 atom stereocenters. The van der Waals surface area contributed by atoms with Crippen molar-refractivity contribution in [1.82, 2.24) is 4.90 Å². The first-order valence-electron chi connectivity index (χ1n) is 10.5. The fraction of sp³-hybridized carbons (Fsp3) is 0.375. The van der Waals surface area contributed by atoms with E-state index in [1.54, 1.807) is 11.8 Å². The molecule has 2 aromatic carbocycles. The van der Waals surface area contributed by atoms with E-state index in [-0.39, 0.29) is 36.4 Å². The number of nitrogens with zero attached hydrogens (tertiary/aromatic N) is 2. The zero-order chi connectivity index (χ0) is 20.9. The first kappa shape index (κ1) is 20.7. The van der Waals surface area contributed by atoms with Gasteiger partial charge in [-0.3, -0.25) is 14.4 Å². The molecule has 0 radical (unpaired) electrons. The molecule has 1 saturated heterocycles. The molecule has 0 aromatic heterocycles. The Morgan fingerprint density at radius 3 is 2.27 bits per heavy atom. The van der Waals surface area contributed by atoms with E-state index in [0.717, 1.165) is 21.9 Å². The zero-order valence-corrected chi connectivity index (χ0v) is 17.8. The Labute approximate surface area is 181 Å². The van der Waals surface area contributed by atoms with Crippen LogP contribution >= 0.6 is 11.8 Å². The molecule has 4 rings (SSSR count). The number of carbonyl (C=O) groups excluding carboxylic acids is 3. The number of rotatable bonds is 5. The average molecular weight is 423 g/mol. The first-order valence-corrected chi connectivity index (χ1v) is 11.5. The van der Waals surface area contributed by atoms with Gasteiger partial charge in [-0.2, -0.15) is 0 Å². The number of likely N-dealkylation sites (tertiary alicyclic amines) is 1. The van der Waals surface area contributed by atoms with Gasteiger partial charge in [0.15, 0.2) is 5.78 Å². The third-order valence-electron chi connectivity index (χ3n) is 5.86. The Bertz CT molecular complexity index is 923. The Morgan fingerprint density at radius 1 is 0.833 bits per heavy atom. The molecule has 2 heterocycles. The van der Waals surface area contributed by atoms with Crippen LogP contribution in [0.3, 0.4) is 0 Å². The molecule has 0 saturated carbocycles. The molecule has 0 N–H and O–H groups in total. The van der Waals surface area contributed by atoms with Crippen molar-refractivity contribution in [2.45, 2.75) is 30.6 Å². The van der Waals surface area contributed by atoms with Gasteiger partial charge in [0.1, 0.15) is 0 Å². The number of Topliss-reactive ketones (excluding diaryl/α,β-unsaturated/α-hetero) is 1. The SMILES string of the molecule is O=C(c1ccccc1)C1CCN(C(=O)CCC(=O)N2CCSc3ccccc32)CC1. The lowest BCUT2D eigenvalue weighted by Crippen LogP contribution is -2.41. The number of carbonyl (C=O) groups is 3. The van der Waals surface area contributed by atoms with Crippen molar-refractivity contribution >= 4 is 35.0 Å². The lowest BCUT2D eigenvalue weighted by Gasteiger charge is -2.32. The van der Waals surface area contributed by atoms with E-state index >= 15 is 0 Å². The van der Waals surface area contributed by atoms with Crippen molar-refractivity contribution in [3.8, 4) is 0 Å². The van der Waals surface area contributed by atoms with Crippen LogP contribution in [0.2, 0.25) is 0 Å². The first-order chi connectivity index (χ1) is 14.6. The topological polar surface area (TPSA) is 57.7 Å². The number of hydrogen-bond donors (Lipinski definition) is 0. The third kappa shape index (κ3) is 4.59. The van der Waals surface area contributed by atoms with E-state index in [0.29, 0.717) is 32.5 Å². The van der Waals surface area contributed by atoms with Gasteiger partial charge in [0.25, 0.3) is 0 Å². The molecule has 2 aliphatic rings. The fourth-order valence-corrected chi connectivity index (χ4v) is 5.16. The summed E-state index contributed by atoms with van der Waals surface area (Å²) in [5.74, 6) is 1.03. The summed E-state index contributed by atoms with van der Waals surface area (Å²) in [7, 11) is 0. The minimum absolute atomic E-state index is 0.00485. The molecule has 2 aliphatic heterocycles. The molecular weight excluding hydrogens is 396 g/mol. The van der Waals surface area contributed by atoms with Gasteiger partial charge >= 0.3 is 0 Å². The monoisotopic (exact) mass is 422 g/mol. The largest absolute Gasteiger partial charge is 0.343 e. The number of piperidine rings is 1. The van der Waals surface area contributed by atoms with Gasteiger partial charge < -0.3 is 9.80 Å². The van der Waals surface area contributed by atoms with E-state index in [1.807, 2.05) is 64.4 Å². The van der Waals surface area contributed by atoms with Crippen LogP contribution in [0.15, 0.2) is 59.5 Å². The van der Waals surface area contributed by atoms with Crippen molar-refractivity contribution in [3.05, 3.63) is 60.2 Å². The van der Waals surface area contributed by atoms with Crippen LogP contribution in [0, 0.1) is 5.92 Å². The van der Waals surface area contributed by atoms with E-state index in [2.05, 4.69) is 0 Å². The van der Waals surface area contributed by atoms with E-state index < -0.39 is 0 Å². The van der Waals surface area contributed by atoms with Gasteiger partial charge in [-0.25, -0.2) is 0 Å². The third-order valence-corrected chi connectivity index (χ3v) is 6.90. The second-order valence-corrected chi connectivity index (χ2v) is 8.88. The van der Waals surface area contributed by atoms with E-state index in [1.165, 1.54) is 0 Å². The number of thioether (sulfide) groups is 1. The highest BCUT2D eigenvalue weighted by Gasteiger charge is 2.29. The summed E-state index contributed by atoms with van der Waals surface area (Å²) >= 11 is 1.76. The second-order valence-electron chi connectivity index (χ2n) is 7.75. The lowest BCUT2D eigenvalue weighted by atomic mass is 9.89. The molecule has 2 aromatic rings. The molecule has 0 aliphatic carbocycles. The van der Waals surface area contributed by atoms with Crippen LogP contribution in [-0.2, 0) is 9.59 Å². The molecule has 0 bridgehead atoms. The highest BCUT2D eigenvalue weighted by molar-refractivity contribution is 7.99. The highest BCUT2D eigenvalue weighted by atomic mass is 32.2. The Morgan fingerprint density at radius 2 is 1.50 bits per heavy atom. The molecule has 2 amide bonds. The fourth-order valence-electron chi connectivity index (χ4n) is 4.16. The highest BCUT2D eigenvalue weighted by Crippen LogP contribution is 2.34. The van der Waals surface area contributed by atoms with Crippen molar-refractivity contribution in [2.75, 3.05) is 30.3 Å². The van der Waals surface area contributed by atoms with Crippen LogP contribution in [-0.4, -0.2) is 47.9 Å². The van der Waals surface area contributed by atoms with Crippen LogP contribution in [0.1, 0.15) is 36.0 Å². The number of hydrogen-bond acceptors (Lipinski definition) is 4. The number of ketones is 1. The Kier molecular flexibility index (Phi) is 6.53. The number of para-hydroxylation sites is 1. The van der Waals surface area contributed by atoms with Crippen molar-refractivity contribution in [1.29, 1.82) is 0 Å². The van der Waals surface area contributed by atoms with E-state index in [4.69, 9.17) is 0 Å². The predicted octanol–water partition coefficient (Wildman–Crippen LogP) is 4.03. The quantitative estimate of drug-likeness (QED) is 0.683. The summed E-state index contributed by atoms with van der Waals surface area (Å²) in [6.45, 7) is 1.85. The van der Waals surface area contributed by atoms with E-state index in [9.17, 15) is 14.4 Å². The normalized spacial score (nSPS) is 16.8. The maximum atomic E-state index is 12.7. The maximum absolute atomic E-state index is 12.7. The molecule has 30 heavy (non-hydrogen) atoms. The summed E-state index contributed by atoms with van der Waals surface area (Å²) in [6, 6.07) is 17.3. The summed E-state index contributed by atoms with van der Waals surface area (Å²) in [5, 5.41) is 0. The molecule has 6 heteroatoms. The minimum atomic E-state index is -0.0274. The molecule has 5 nitrogen and oxygen atoms in total. The number of anilines is 1. The number of amides is 2. The molecule has 1 fully saturated rings. The van der Waals surface area contributed by atoms with Crippen molar-refractivity contribution in [3.63, 3.8) is 0 Å². The Hall–Kier alpha value is -2.60. The molecule has 156 valence electrons. The average Bonchev–Trinajstić information content (AvgIpc) is 2.82. The zero-order valence-electron chi connectivity index (χ0n) is 17.0. The summed E-state index contributed by atoms with van der Waals surface area (Å²) in [5.41, 5.74) is 1.69. The minimum Gasteiger partial charge on any atom is -0.343 e. The van der Waals surface area contributed by atoms with Gasteiger partial charge in [-0.05, 0) is 25.0 Å². The van der Waals surface area contributed by atoms with Gasteiger partial charge in [0, 0.05) is 54.6 Å². The van der Waals surface area contributed by atoms with Crippen LogP contribution in [0.4, 0.5) is 5.69 Å². The van der Waals surface area contributed by atoms with Crippen LogP contribution in [0.25, 0.3) is 0 Å². The molecule has 0 unspecified atom stereocenters. The van der Waals surface area contributed by atoms with Gasteiger partial charge in [0.2, 0.25) is 11.8 Å². The van der Waals surface area contributed by atoms with Gasteiger partial charge in [-0.1, -0.05) is 42.5 Å².